The third-order valence-corrected chi connectivity index (χ3v) is 1.94. The third kappa shape index (κ3) is 1.71. The second kappa shape index (κ2) is 3.49. The van der Waals surface area contributed by atoms with E-state index in [1.165, 1.54) is 6.07 Å². The molecule has 1 aromatic rings. The van der Waals surface area contributed by atoms with Gasteiger partial charge in [-0.15, -0.1) is 6.58 Å². The molecule has 12 heavy (non-hydrogen) atoms. The van der Waals surface area contributed by atoms with Gasteiger partial charge in [0.1, 0.15) is 0 Å². The lowest BCUT2D eigenvalue weighted by atomic mass is 10.3. The SMILES string of the molecule is C=CC(C)n1ccc(=O)[nH]c1=S. The standard InChI is InChI=1S/C8H10N2OS/c1-3-6(2)10-5-4-7(11)9-8(10)12/h3-6H,1H2,2H3,(H,9,11,12). The Labute approximate surface area is 75.4 Å². The average Bonchev–Trinajstić information content (AvgIpc) is 2.03. The smallest absolute Gasteiger partial charge is 0.251 e. The molecule has 3 nitrogen and oxygen atoms in total. The first-order valence-corrected chi connectivity index (χ1v) is 4.00. The molecule has 0 saturated heterocycles. The Hall–Kier alpha value is -1.16. The summed E-state index contributed by atoms with van der Waals surface area (Å²) in [6, 6.07) is 1.55. The Morgan fingerprint density at radius 1 is 1.83 bits per heavy atom. The van der Waals surface area contributed by atoms with E-state index in [0.29, 0.717) is 4.77 Å². The molecule has 4 heteroatoms. The zero-order valence-electron chi connectivity index (χ0n) is 6.78. The molecule has 1 rings (SSSR count). The first-order valence-electron chi connectivity index (χ1n) is 3.59. The van der Waals surface area contributed by atoms with Crippen LogP contribution in [0.4, 0.5) is 0 Å². The molecule has 0 aliphatic carbocycles. The Bertz CT molecular complexity index is 391. The molecule has 1 N–H and O–H groups in total. The van der Waals surface area contributed by atoms with Crippen LogP contribution >= 0.6 is 12.2 Å². The molecular weight excluding hydrogens is 172 g/mol. The predicted octanol–water partition coefficient (Wildman–Crippen LogP) is 1.65. The van der Waals surface area contributed by atoms with Gasteiger partial charge in [-0.05, 0) is 19.1 Å². The quantitative estimate of drug-likeness (QED) is 0.558. The van der Waals surface area contributed by atoms with Crippen molar-refractivity contribution in [3.63, 3.8) is 0 Å². The first-order chi connectivity index (χ1) is 5.65. The van der Waals surface area contributed by atoms with Crippen molar-refractivity contribution in [2.24, 2.45) is 0 Å². The highest BCUT2D eigenvalue weighted by atomic mass is 32.1. The summed E-state index contributed by atoms with van der Waals surface area (Å²) in [5, 5.41) is 0. The Morgan fingerprint density at radius 2 is 2.50 bits per heavy atom. The fraction of sp³-hybridized carbons (Fsp3) is 0.250. The summed E-state index contributed by atoms with van der Waals surface area (Å²) >= 11 is 4.94. The molecule has 64 valence electrons. The van der Waals surface area contributed by atoms with Crippen molar-refractivity contribution in [2.75, 3.05) is 0 Å². The number of hydrogen-bond acceptors (Lipinski definition) is 2. The summed E-state index contributed by atoms with van der Waals surface area (Å²) in [6.45, 7) is 5.59. The maximum absolute atomic E-state index is 10.8. The van der Waals surface area contributed by atoms with Gasteiger partial charge in [0.05, 0.1) is 6.04 Å². The number of aromatic nitrogens is 2. The maximum Gasteiger partial charge on any atom is 0.251 e. The molecule has 0 aliphatic rings. The van der Waals surface area contributed by atoms with Crippen LogP contribution in [0.2, 0.25) is 0 Å². The number of hydrogen-bond donors (Lipinski definition) is 1. The van der Waals surface area contributed by atoms with Crippen molar-refractivity contribution < 1.29 is 0 Å². The normalized spacial score (nSPS) is 12.4. The number of rotatable bonds is 2. The van der Waals surface area contributed by atoms with Crippen LogP contribution in [0.3, 0.4) is 0 Å². The number of nitrogens with zero attached hydrogens (tertiary/aromatic N) is 1. The van der Waals surface area contributed by atoms with Gasteiger partial charge in [-0.3, -0.25) is 9.78 Å². The van der Waals surface area contributed by atoms with E-state index in [1.807, 2.05) is 6.92 Å². The molecule has 0 amide bonds. The van der Waals surface area contributed by atoms with Gasteiger partial charge >= 0.3 is 0 Å². The minimum Gasteiger partial charge on any atom is -0.319 e. The van der Waals surface area contributed by atoms with Crippen molar-refractivity contribution >= 4 is 12.2 Å². The molecule has 0 aromatic carbocycles. The Kier molecular flexibility index (Phi) is 2.60. The second-order valence-electron chi connectivity index (χ2n) is 2.49. The van der Waals surface area contributed by atoms with Crippen molar-refractivity contribution in [1.29, 1.82) is 0 Å². The molecule has 0 saturated carbocycles. The van der Waals surface area contributed by atoms with E-state index in [9.17, 15) is 4.79 Å². The Balaban J connectivity index is 3.27. The van der Waals surface area contributed by atoms with E-state index in [0.717, 1.165) is 0 Å². The van der Waals surface area contributed by atoms with E-state index < -0.39 is 0 Å². The maximum atomic E-state index is 10.8. The van der Waals surface area contributed by atoms with Crippen LogP contribution in [-0.4, -0.2) is 9.55 Å². The zero-order valence-corrected chi connectivity index (χ0v) is 7.60. The van der Waals surface area contributed by atoms with E-state index in [4.69, 9.17) is 12.2 Å². The van der Waals surface area contributed by atoms with Crippen LogP contribution in [0.15, 0.2) is 29.7 Å². The van der Waals surface area contributed by atoms with E-state index in [-0.39, 0.29) is 11.6 Å². The molecular formula is C8H10N2OS. The molecule has 0 aliphatic heterocycles. The van der Waals surface area contributed by atoms with Gasteiger partial charge in [0.2, 0.25) is 0 Å². The molecule has 0 bridgehead atoms. The van der Waals surface area contributed by atoms with Gasteiger partial charge in [-0.2, -0.15) is 0 Å². The summed E-state index contributed by atoms with van der Waals surface area (Å²) in [4.78, 5) is 13.3. The van der Waals surface area contributed by atoms with Gasteiger partial charge in [0.15, 0.2) is 4.77 Å². The highest BCUT2D eigenvalue weighted by Crippen LogP contribution is 2.03. The molecule has 0 fully saturated rings. The van der Waals surface area contributed by atoms with Crippen LogP contribution in [0, 0.1) is 4.77 Å². The highest BCUT2D eigenvalue weighted by Gasteiger charge is 1.98. The number of H-pyrrole nitrogens is 1. The number of nitrogens with one attached hydrogen (secondary N) is 1. The topological polar surface area (TPSA) is 37.8 Å². The van der Waals surface area contributed by atoms with Gasteiger partial charge < -0.3 is 4.57 Å². The summed E-state index contributed by atoms with van der Waals surface area (Å²) in [5.74, 6) is 0. The zero-order chi connectivity index (χ0) is 9.14. The van der Waals surface area contributed by atoms with Gasteiger partial charge in [-0.25, -0.2) is 0 Å². The number of aromatic amines is 1. The average molecular weight is 182 g/mol. The molecule has 1 unspecified atom stereocenters. The lowest BCUT2D eigenvalue weighted by Gasteiger charge is -2.09. The molecule has 0 spiro atoms. The van der Waals surface area contributed by atoms with Crippen LogP contribution in [0.5, 0.6) is 0 Å². The van der Waals surface area contributed by atoms with Gasteiger partial charge in [-0.1, -0.05) is 6.08 Å². The predicted molar refractivity (Wildman–Crippen MR) is 50.8 cm³/mol. The molecule has 1 aromatic heterocycles. The Morgan fingerprint density at radius 3 is 3.00 bits per heavy atom. The molecule has 1 heterocycles. The first kappa shape index (κ1) is 8.93. The van der Waals surface area contributed by atoms with Crippen molar-refractivity contribution in [1.82, 2.24) is 9.55 Å². The fourth-order valence-corrected chi connectivity index (χ4v) is 1.19. The summed E-state index contributed by atoms with van der Waals surface area (Å²) in [7, 11) is 0. The lowest BCUT2D eigenvalue weighted by Crippen LogP contribution is -2.12. The number of allylic oxidation sites excluding steroid dienone is 1. The van der Waals surface area contributed by atoms with Gasteiger partial charge in [0.25, 0.3) is 5.56 Å². The van der Waals surface area contributed by atoms with Crippen LogP contribution in [0.1, 0.15) is 13.0 Å². The van der Waals surface area contributed by atoms with Crippen LogP contribution in [-0.2, 0) is 0 Å². The minimum absolute atomic E-state index is 0.106. The highest BCUT2D eigenvalue weighted by molar-refractivity contribution is 7.71. The summed E-state index contributed by atoms with van der Waals surface area (Å²) < 4.78 is 2.19. The fourth-order valence-electron chi connectivity index (χ4n) is 0.862. The lowest BCUT2D eigenvalue weighted by molar-refractivity contribution is 0.629. The second-order valence-corrected chi connectivity index (χ2v) is 2.88. The van der Waals surface area contributed by atoms with Crippen molar-refractivity contribution in [3.8, 4) is 0 Å². The summed E-state index contributed by atoms with van der Waals surface area (Å²) in [6.07, 6.45) is 3.42. The largest absolute Gasteiger partial charge is 0.319 e. The van der Waals surface area contributed by atoms with Gasteiger partial charge in [0, 0.05) is 12.3 Å². The summed E-state index contributed by atoms with van der Waals surface area (Å²) in [5.41, 5.74) is -0.174. The van der Waals surface area contributed by atoms with Crippen molar-refractivity contribution in [3.05, 3.63) is 40.0 Å². The van der Waals surface area contributed by atoms with Crippen LogP contribution < -0.4 is 5.56 Å². The minimum atomic E-state index is -0.174. The molecule has 1 atom stereocenters. The monoisotopic (exact) mass is 182 g/mol. The van der Waals surface area contributed by atoms with E-state index in [1.54, 1.807) is 16.8 Å². The van der Waals surface area contributed by atoms with Crippen molar-refractivity contribution in [2.45, 2.75) is 13.0 Å². The third-order valence-electron chi connectivity index (χ3n) is 1.63. The van der Waals surface area contributed by atoms with E-state index in [2.05, 4.69) is 11.6 Å². The van der Waals surface area contributed by atoms with Crippen LogP contribution in [0.25, 0.3) is 0 Å². The van der Waals surface area contributed by atoms with E-state index >= 15 is 0 Å². The molecule has 0 radical (unpaired) electrons.